The topological polar surface area (TPSA) is 118 Å². The van der Waals surface area contributed by atoms with Crippen molar-refractivity contribution < 1.29 is 13.2 Å². The van der Waals surface area contributed by atoms with Crippen LogP contribution < -0.4 is 5.56 Å². The van der Waals surface area contributed by atoms with Crippen LogP contribution in [0, 0.1) is 6.92 Å². The van der Waals surface area contributed by atoms with Gasteiger partial charge in [0.2, 0.25) is 15.9 Å². The highest BCUT2D eigenvalue weighted by atomic mass is 32.2. The lowest BCUT2D eigenvalue weighted by Gasteiger charge is -2.34. The average molecular weight is 485 g/mol. The Morgan fingerprint density at radius 2 is 1.73 bits per heavy atom. The molecule has 1 fully saturated rings. The molecule has 1 amide bonds. The maximum atomic E-state index is 13.2. The lowest BCUT2D eigenvalue weighted by molar-refractivity contribution is -0.133. The summed E-state index contributed by atoms with van der Waals surface area (Å²) < 4.78 is 37.3. The van der Waals surface area contributed by atoms with Gasteiger partial charge in [0.05, 0.1) is 22.6 Å². The first kappa shape index (κ1) is 21.6. The first-order valence-corrected chi connectivity index (χ1v) is 12.5. The molecule has 0 saturated carbocycles. The molecule has 0 N–H and O–H groups in total. The average Bonchev–Trinajstić information content (AvgIpc) is 3.30. The number of hydrogen-bond donors (Lipinski definition) is 0. The third-order valence-electron chi connectivity index (χ3n) is 5.80. The minimum Gasteiger partial charge on any atom is -0.338 e. The highest BCUT2D eigenvalue weighted by Gasteiger charge is 2.32. The number of amides is 1. The molecule has 12 heteroatoms. The van der Waals surface area contributed by atoms with Gasteiger partial charge in [0, 0.05) is 26.2 Å². The maximum Gasteiger partial charge on any atom is 0.261 e. The van der Waals surface area contributed by atoms with Gasteiger partial charge in [0.1, 0.15) is 28.3 Å². The number of sulfonamides is 1. The van der Waals surface area contributed by atoms with Gasteiger partial charge >= 0.3 is 0 Å². The molecular formula is C21H20N6O4S2. The smallest absolute Gasteiger partial charge is 0.261 e. The first-order chi connectivity index (χ1) is 15.9. The van der Waals surface area contributed by atoms with Crippen LogP contribution in [0.3, 0.4) is 0 Å². The van der Waals surface area contributed by atoms with Crippen LogP contribution in [0.25, 0.3) is 21.9 Å². The van der Waals surface area contributed by atoms with Crippen LogP contribution in [0.2, 0.25) is 0 Å². The lowest BCUT2D eigenvalue weighted by atomic mass is 10.2. The molecule has 2 aromatic carbocycles. The molecule has 0 spiro atoms. The van der Waals surface area contributed by atoms with Gasteiger partial charge in [-0.2, -0.15) is 13.1 Å². The second-order valence-corrected chi connectivity index (χ2v) is 10.2. The molecule has 0 aliphatic carbocycles. The molecule has 0 radical (unpaired) electrons. The second kappa shape index (κ2) is 8.28. The van der Waals surface area contributed by atoms with E-state index in [-0.39, 0.29) is 49.1 Å². The van der Waals surface area contributed by atoms with Crippen molar-refractivity contribution in [1.29, 1.82) is 0 Å². The number of benzene rings is 2. The zero-order valence-electron chi connectivity index (χ0n) is 17.7. The van der Waals surface area contributed by atoms with Crippen molar-refractivity contribution in [1.82, 2.24) is 27.5 Å². The lowest BCUT2D eigenvalue weighted by Crippen LogP contribution is -2.51. The van der Waals surface area contributed by atoms with Gasteiger partial charge in [-0.1, -0.05) is 18.2 Å². The van der Waals surface area contributed by atoms with Crippen LogP contribution in [0.4, 0.5) is 0 Å². The summed E-state index contributed by atoms with van der Waals surface area (Å²) in [7, 11) is -3.77. The van der Waals surface area contributed by atoms with Crippen molar-refractivity contribution in [3.05, 3.63) is 58.6 Å². The van der Waals surface area contributed by atoms with E-state index < -0.39 is 10.0 Å². The van der Waals surface area contributed by atoms with Crippen LogP contribution in [0.5, 0.6) is 0 Å². The predicted octanol–water partition coefficient (Wildman–Crippen LogP) is 1.24. The van der Waals surface area contributed by atoms with Crippen LogP contribution in [-0.2, 0) is 21.4 Å². The van der Waals surface area contributed by atoms with Crippen LogP contribution in [0.15, 0.2) is 52.2 Å². The largest absolute Gasteiger partial charge is 0.338 e. The minimum absolute atomic E-state index is 0.123. The Balaban J connectivity index is 1.32. The summed E-state index contributed by atoms with van der Waals surface area (Å²) >= 11 is 0.969. The Bertz CT molecular complexity index is 1540. The van der Waals surface area contributed by atoms with E-state index in [4.69, 9.17) is 0 Å². The van der Waals surface area contributed by atoms with E-state index in [1.165, 1.54) is 14.9 Å². The zero-order valence-corrected chi connectivity index (χ0v) is 19.3. The maximum absolute atomic E-state index is 13.2. The van der Waals surface area contributed by atoms with Gasteiger partial charge in [0.15, 0.2) is 0 Å². The van der Waals surface area contributed by atoms with Crippen LogP contribution in [-0.4, -0.2) is 68.0 Å². The van der Waals surface area contributed by atoms with Crippen LogP contribution in [0.1, 0.15) is 5.82 Å². The van der Waals surface area contributed by atoms with Crippen molar-refractivity contribution >= 4 is 49.6 Å². The summed E-state index contributed by atoms with van der Waals surface area (Å²) in [6.45, 7) is 2.34. The standard InChI is InChI=1S/C21H20N6O4S2/c1-14-22-16-6-3-2-5-15(16)21(29)27(14)13-19(28)25-9-11-26(12-10-25)33(30,31)18-8-4-7-17-20(18)24-32-23-17/h2-8H,9-13H2,1H3. The Hall–Kier alpha value is -3.22. The fourth-order valence-corrected chi connectivity index (χ4v) is 6.18. The molecule has 1 aliphatic heterocycles. The Morgan fingerprint density at radius 1 is 1.00 bits per heavy atom. The fraction of sp³-hybridized carbons (Fsp3) is 0.286. The zero-order chi connectivity index (χ0) is 23.2. The summed E-state index contributed by atoms with van der Waals surface area (Å²) in [5.74, 6) is 0.207. The number of aryl methyl sites for hydroxylation is 1. The quantitative estimate of drug-likeness (QED) is 0.428. The summed E-state index contributed by atoms with van der Waals surface area (Å²) in [6.07, 6.45) is 0. The van der Waals surface area contributed by atoms with E-state index in [1.807, 2.05) is 6.07 Å². The number of aromatic nitrogens is 4. The van der Waals surface area contributed by atoms with Gasteiger partial charge in [-0.15, -0.1) is 0 Å². The third kappa shape index (κ3) is 3.79. The van der Waals surface area contributed by atoms with Crippen molar-refractivity contribution in [3.8, 4) is 0 Å². The normalized spacial score (nSPS) is 15.4. The molecule has 0 atom stereocenters. The molecule has 0 unspecified atom stereocenters. The minimum atomic E-state index is -3.77. The number of nitrogens with zero attached hydrogens (tertiary/aromatic N) is 6. The molecule has 33 heavy (non-hydrogen) atoms. The summed E-state index contributed by atoms with van der Waals surface area (Å²) in [4.78, 5) is 31.9. The fourth-order valence-electron chi connectivity index (χ4n) is 4.01. The van der Waals surface area contributed by atoms with E-state index in [1.54, 1.807) is 42.2 Å². The molecule has 10 nitrogen and oxygen atoms in total. The third-order valence-corrected chi connectivity index (χ3v) is 8.28. The molecule has 1 saturated heterocycles. The van der Waals surface area contributed by atoms with Gasteiger partial charge in [-0.05, 0) is 31.2 Å². The predicted molar refractivity (Wildman–Crippen MR) is 123 cm³/mol. The van der Waals surface area contributed by atoms with E-state index in [0.29, 0.717) is 27.8 Å². The molecule has 5 rings (SSSR count). The van der Waals surface area contributed by atoms with E-state index in [0.717, 1.165) is 11.7 Å². The molecule has 0 bridgehead atoms. The van der Waals surface area contributed by atoms with Gasteiger partial charge in [0.25, 0.3) is 5.56 Å². The number of piperazine rings is 1. The molecule has 2 aromatic heterocycles. The van der Waals surface area contributed by atoms with Gasteiger partial charge in [-0.25, -0.2) is 13.4 Å². The Morgan fingerprint density at radius 3 is 2.52 bits per heavy atom. The number of hydrogen-bond acceptors (Lipinski definition) is 8. The Labute approximate surface area is 193 Å². The molecule has 4 aromatic rings. The van der Waals surface area contributed by atoms with Crippen molar-refractivity contribution in [2.24, 2.45) is 0 Å². The van der Waals surface area contributed by atoms with Crippen LogP contribution >= 0.6 is 11.7 Å². The van der Waals surface area contributed by atoms with E-state index in [2.05, 4.69) is 13.7 Å². The highest BCUT2D eigenvalue weighted by molar-refractivity contribution is 7.89. The number of rotatable bonds is 4. The number of carbonyl (C=O) groups excluding carboxylic acids is 1. The summed E-state index contributed by atoms with van der Waals surface area (Å²) in [5, 5.41) is 0.456. The summed E-state index contributed by atoms with van der Waals surface area (Å²) in [6, 6.07) is 11.9. The van der Waals surface area contributed by atoms with Crippen molar-refractivity contribution in [2.45, 2.75) is 18.4 Å². The SMILES string of the molecule is Cc1nc2ccccc2c(=O)n1CC(=O)N1CCN(S(=O)(=O)c2cccc3nsnc23)CC1. The first-order valence-electron chi connectivity index (χ1n) is 10.3. The Kier molecular flexibility index (Phi) is 5.43. The van der Waals surface area contributed by atoms with E-state index in [9.17, 15) is 18.0 Å². The monoisotopic (exact) mass is 484 g/mol. The van der Waals surface area contributed by atoms with Gasteiger partial charge in [-0.3, -0.25) is 14.2 Å². The second-order valence-electron chi connectivity index (χ2n) is 7.74. The molecule has 170 valence electrons. The molecular weight excluding hydrogens is 464 g/mol. The summed E-state index contributed by atoms with van der Waals surface area (Å²) in [5.41, 5.74) is 1.23. The van der Waals surface area contributed by atoms with Crippen molar-refractivity contribution in [3.63, 3.8) is 0 Å². The van der Waals surface area contributed by atoms with E-state index >= 15 is 0 Å². The van der Waals surface area contributed by atoms with Crippen molar-refractivity contribution in [2.75, 3.05) is 26.2 Å². The highest BCUT2D eigenvalue weighted by Crippen LogP contribution is 2.25. The number of carbonyl (C=O) groups is 1. The molecule has 3 heterocycles. The number of fused-ring (bicyclic) bond motifs is 2. The number of para-hydroxylation sites is 1. The molecule has 1 aliphatic rings. The van der Waals surface area contributed by atoms with Gasteiger partial charge < -0.3 is 4.90 Å².